The Morgan fingerprint density at radius 3 is 3.17 bits per heavy atom. The SMILES string of the molecule is COC1CCCN(CCC#N)C1. The molecule has 0 aromatic rings. The number of hydrogen-bond donors (Lipinski definition) is 0. The quantitative estimate of drug-likeness (QED) is 0.631. The molecule has 3 heteroatoms. The molecule has 1 saturated heterocycles. The molecular formula is C9H16N2O. The predicted octanol–water partition coefficient (Wildman–Crippen LogP) is 1.01. The summed E-state index contributed by atoms with van der Waals surface area (Å²) in [6, 6.07) is 2.17. The first-order valence-electron chi connectivity index (χ1n) is 4.49. The summed E-state index contributed by atoms with van der Waals surface area (Å²) in [5, 5.41) is 8.41. The van der Waals surface area contributed by atoms with Gasteiger partial charge >= 0.3 is 0 Å². The molecule has 1 aliphatic rings. The molecule has 1 heterocycles. The van der Waals surface area contributed by atoms with Crippen LogP contribution in [0.3, 0.4) is 0 Å². The van der Waals surface area contributed by atoms with Crippen LogP contribution in [0.2, 0.25) is 0 Å². The van der Waals surface area contributed by atoms with E-state index in [4.69, 9.17) is 10.00 Å². The van der Waals surface area contributed by atoms with E-state index in [0.717, 1.165) is 19.6 Å². The van der Waals surface area contributed by atoms with E-state index in [9.17, 15) is 0 Å². The first-order chi connectivity index (χ1) is 5.86. The summed E-state index contributed by atoms with van der Waals surface area (Å²) in [6.07, 6.45) is 3.39. The third-order valence-corrected chi connectivity index (χ3v) is 2.34. The van der Waals surface area contributed by atoms with Gasteiger partial charge in [-0.1, -0.05) is 0 Å². The standard InChI is InChI=1S/C9H16N2O/c1-12-9-4-2-6-11(8-9)7-3-5-10/h9H,2-4,6-8H2,1H3. The molecule has 0 aliphatic carbocycles. The van der Waals surface area contributed by atoms with Crippen molar-refractivity contribution in [2.75, 3.05) is 26.7 Å². The van der Waals surface area contributed by atoms with Crippen LogP contribution in [0.25, 0.3) is 0 Å². The van der Waals surface area contributed by atoms with Crippen LogP contribution in [0, 0.1) is 11.3 Å². The van der Waals surface area contributed by atoms with Crippen molar-refractivity contribution >= 4 is 0 Å². The Labute approximate surface area is 73.9 Å². The Hall–Kier alpha value is -0.590. The number of likely N-dealkylation sites (tertiary alicyclic amines) is 1. The number of hydrogen-bond acceptors (Lipinski definition) is 3. The summed E-state index contributed by atoms with van der Waals surface area (Å²) in [4.78, 5) is 2.31. The maximum Gasteiger partial charge on any atom is 0.0698 e. The molecule has 1 fully saturated rings. The van der Waals surface area contributed by atoms with E-state index in [2.05, 4.69) is 11.0 Å². The first-order valence-corrected chi connectivity index (χ1v) is 4.49. The van der Waals surface area contributed by atoms with Crippen molar-refractivity contribution < 1.29 is 4.74 Å². The minimum absolute atomic E-state index is 0.387. The van der Waals surface area contributed by atoms with E-state index in [-0.39, 0.29) is 0 Å². The van der Waals surface area contributed by atoms with Crippen LogP contribution in [-0.4, -0.2) is 37.7 Å². The molecule has 0 spiro atoms. The Bertz CT molecular complexity index is 164. The van der Waals surface area contributed by atoms with Crippen molar-refractivity contribution in [2.24, 2.45) is 0 Å². The lowest BCUT2D eigenvalue weighted by Gasteiger charge is -2.31. The van der Waals surface area contributed by atoms with Crippen LogP contribution in [0.1, 0.15) is 19.3 Å². The molecule has 1 unspecified atom stereocenters. The van der Waals surface area contributed by atoms with E-state index in [1.807, 2.05) is 0 Å². The van der Waals surface area contributed by atoms with Crippen LogP contribution < -0.4 is 0 Å². The van der Waals surface area contributed by atoms with Crippen LogP contribution in [-0.2, 0) is 4.74 Å². The van der Waals surface area contributed by atoms with Crippen molar-refractivity contribution in [2.45, 2.75) is 25.4 Å². The highest BCUT2D eigenvalue weighted by atomic mass is 16.5. The second kappa shape index (κ2) is 5.13. The van der Waals surface area contributed by atoms with Gasteiger partial charge in [-0.05, 0) is 19.4 Å². The molecule has 0 aromatic carbocycles. The average molecular weight is 168 g/mol. The van der Waals surface area contributed by atoms with E-state index in [1.54, 1.807) is 7.11 Å². The van der Waals surface area contributed by atoms with Crippen LogP contribution >= 0.6 is 0 Å². The minimum Gasteiger partial charge on any atom is -0.380 e. The lowest BCUT2D eigenvalue weighted by atomic mass is 10.1. The molecule has 68 valence electrons. The monoisotopic (exact) mass is 168 g/mol. The molecule has 0 N–H and O–H groups in total. The molecule has 0 radical (unpaired) electrons. The summed E-state index contributed by atoms with van der Waals surface area (Å²) >= 11 is 0. The summed E-state index contributed by atoms with van der Waals surface area (Å²) in [7, 11) is 1.76. The molecule has 1 aliphatic heterocycles. The van der Waals surface area contributed by atoms with Gasteiger partial charge in [0.15, 0.2) is 0 Å². The zero-order chi connectivity index (χ0) is 8.81. The third-order valence-electron chi connectivity index (χ3n) is 2.34. The lowest BCUT2D eigenvalue weighted by Crippen LogP contribution is -2.39. The van der Waals surface area contributed by atoms with Crippen LogP contribution in [0.4, 0.5) is 0 Å². The number of methoxy groups -OCH3 is 1. The van der Waals surface area contributed by atoms with E-state index < -0.39 is 0 Å². The Kier molecular flexibility index (Phi) is 4.06. The molecule has 0 bridgehead atoms. The van der Waals surface area contributed by atoms with E-state index in [1.165, 1.54) is 12.8 Å². The largest absolute Gasteiger partial charge is 0.380 e. The number of nitriles is 1. The molecule has 0 aromatic heterocycles. The minimum atomic E-state index is 0.387. The Morgan fingerprint density at radius 1 is 1.67 bits per heavy atom. The van der Waals surface area contributed by atoms with Crippen molar-refractivity contribution in [1.29, 1.82) is 5.26 Å². The van der Waals surface area contributed by atoms with Crippen LogP contribution in [0.15, 0.2) is 0 Å². The van der Waals surface area contributed by atoms with Crippen molar-refractivity contribution in [3.05, 3.63) is 0 Å². The molecular weight excluding hydrogens is 152 g/mol. The van der Waals surface area contributed by atoms with Gasteiger partial charge in [-0.15, -0.1) is 0 Å². The predicted molar refractivity (Wildman–Crippen MR) is 46.7 cm³/mol. The van der Waals surface area contributed by atoms with E-state index in [0.29, 0.717) is 12.5 Å². The smallest absolute Gasteiger partial charge is 0.0698 e. The van der Waals surface area contributed by atoms with Gasteiger partial charge in [-0.2, -0.15) is 5.26 Å². The molecule has 1 atom stereocenters. The van der Waals surface area contributed by atoms with Gasteiger partial charge in [0.2, 0.25) is 0 Å². The average Bonchev–Trinajstić information content (AvgIpc) is 2.15. The fraction of sp³-hybridized carbons (Fsp3) is 0.889. The van der Waals surface area contributed by atoms with Gasteiger partial charge in [0, 0.05) is 26.6 Å². The van der Waals surface area contributed by atoms with Crippen LogP contribution in [0.5, 0.6) is 0 Å². The molecule has 0 saturated carbocycles. The fourth-order valence-corrected chi connectivity index (χ4v) is 1.62. The van der Waals surface area contributed by atoms with Gasteiger partial charge in [0.1, 0.15) is 0 Å². The number of rotatable bonds is 3. The van der Waals surface area contributed by atoms with Crippen molar-refractivity contribution in [3.63, 3.8) is 0 Å². The summed E-state index contributed by atoms with van der Waals surface area (Å²) in [5.74, 6) is 0. The fourth-order valence-electron chi connectivity index (χ4n) is 1.62. The van der Waals surface area contributed by atoms with Gasteiger partial charge in [-0.3, -0.25) is 4.90 Å². The summed E-state index contributed by atoms with van der Waals surface area (Å²) in [6.45, 7) is 3.02. The maximum atomic E-state index is 8.41. The van der Waals surface area contributed by atoms with E-state index >= 15 is 0 Å². The van der Waals surface area contributed by atoms with Crippen molar-refractivity contribution in [3.8, 4) is 6.07 Å². The second-order valence-electron chi connectivity index (χ2n) is 3.21. The Morgan fingerprint density at radius 2 is 2.50 bits per heavy atom. The second-order valence-corrected chi connectivity index (χ2v) is 3.21. The molecule has 12 heavy (non-hydrogen) atoms. The van der Waals surface area contributed by atoms with Crippen molar-refractivity contribution in [1.82, 2.24) is 4.90 Å². The lowest BCUT2D eigenvalue weighted by molar-refractivity contribution is 0.0322. The highest BCUT2D eigenvalue weighted by molar-refractivity contribution is 4.77. The zero-order valence-electron chi connectivity index (χ0n) is 7.62. The van der Waals surface area contributed by atoms with Gasteiger partial charge in [0.05, 0.1) is 12.2 Å². The highest BCUT2D eigenvalue weighted by Gasteiger charge is 2.18. The number of ether oxygens (including phenoxy) is 1. The molecule has 0 amide bonds. The molecule has 1 rings (SSSR count). The maximum absolute atomic E-state index is 8.41. The topological polar surface area (TPSA) is 36.3 Å². The zero-order valence-corrected chi connectivity index (χ0v) is 7.62. The highest BCUT2D eigenvalue weighted by Crippen LogP contribution is 2.12. The summed E-state index contributed by atoms with van der Waals surface area (Å²) < 4.78 is 5.28. The number of nitrogens with zero attached hydrogens (tertiary/aromatic N) is 2. The number of piperidine rings is 1. The van der Waals surface area contributed by atoms with Gasteiger partial charge < -0.3 is 4.74 Å². The summed E-state index contributed by atoms with van der Waals surface area (Å²) in [5.41, 5.74) is 0. The van der Waals surface area contributed by atoms with Gasteiger partial charge in [0.25, 0.3) is 0 Å². The first kappa shape index (κ1) is 9.50. The van der Waals surface area contributed by atoms with Gasteiger partial charge in [-0.25, -0.2) is 0 Å². The third kappa shape index (κ3) is 2.80. The molecule has 3 nitrogen and oxygen atoms in total. The Balaban J connectivity index is 2.22. The normalized spacial score (nSPS) is 25.2.